The van der Waals surface area contributed by atoms with Crippen LogP contribution in [0.1, 0.15) is 24.5 Å². The highest BCUT2D eigenvalue weighted by Gasteiger charge is 2.35. The van der Waals surface area contributed by atoms with Crippen molar-refractivity contribution in [3.63, 3.8) is 0 Å². The number of hydrogen-bond acceptors (Lipinski definition) is 4. The third-order valence-electron chi connectivity index (χ3n) is 6.34. The monoisotopic (exact) mass is 622 g/mol. The third kappa shape index (κ3) is 8.42. The van der Waals surface area contributed by atoms with Crippen molar-refractivity contribution >= 4 is 50.9 Å². The zero-order valence-corrected chi connectivity index (χ0v) is 25.4. The van der Waals surface area contributed by atoms with Crippen LogP contribution in [0.2, 0.25) is 10.0 Å². The minimum Gasteiger partial charge on any atom is -0.354 e. The number of hydrogen-bond donors (Lipinski definition) is 1. The van der Waals surface area contributed by atoms with E-state index in [-0.39, 0.29) is 18.7 Å². The van der Waals surface area contributed by atoms with Gasteiger partial charge in [0.15, 0.2) is 0 Å². The Morgan fingerprint density at radius 2 is 1.54 bits per heavy atom. The quantitative estimate of drug-likeness (QED) is 0.293. The molecule has 3 aromatic carbocycles. The molecule has 2 amide bonds. The van der Waals surface area contributed by atoms with Gasteiger partial charge in [0.2, 0.25) is 11.8 Å². The van der Waals surface area contributed by atoms with Gasteiger partial charge >= 0.3 is 10.2 Å². The highest BCUT2D eigenvalue weighted by Crippen LogP contribution is 2.28. The van der Waals surface area contributed by atoms with E-state index in [0.29, 0.717) is 28.6 Å². The molecule has 0 aromatic heterocycles. The fourth-order valence-corrected chi connectivity index (χ4v) is 5.67. The lowest BCUT2D eigenvalue weighted by Gasteiger charge is -2.34. The molecule has 0 spiro atoms. The van der Waals surface area contributed by atoms with E-state index < -0.39 is 40.4 Å². The van der Waals surface area contributed by atoms with Crippen LogP contribution in [0.25, 0.3) is 0 Å². The van der Waals surface area contributed by atoms with E-state index in [2.05, 4.69) is 5.32 Å². The average Bonchev–Trinajstić information content (AvgIpc) is 2.94. The SMILES string of the molecule is CCCNC(=O)C(Cc1ccccc1)N(Cc1c(Cl)cccc1Cl)C(=O)CN(c1ccc(F)cc1)S(=O)(=O)N(C)C. The van der Waals surface area contributed by atoms with E-state index in [4.69, 9.17) is 23.2 Å². The van der Waals surface area contributed by atoms with E-state index in [9.17, 15) is 22.4 Å². The van der Waals surface area contributed by atoms with Gasteiger partial charge in [-0.05, 0) is 48.4 Å². The summed E-state index contributed by atoms with van der Waals surface area (Å²) < 4.78 is 42.2. The van der Waals surface area contributed by atoms with Crippen LogP contribution in [0.4, 0.5) is 10.1 Å². The van der Waals surface area contributed by atoms with Gasteiger partial charge in [0.1, 0.15) is 18.4 Å². The Morgan fingerprint density at radius 1 is 0.927 bits per heavy atom. The molecular weight excluding hydrogens is 590 g/mol. The van der Waals surface area contributed by atoms with Gasteiger partial charge < -0.3 is 10.2 Å². The van der Waals surface area contributed by atoms with Crippen LogP contribution >= 0.6 is 23.2 Å². The summed E-state index contributed by atoms with van der Waals surface area (Å²) in [7, 11) is -1.54. The zero-order chi connectivity index (χ0) is 30.2. The number of halogens is 3. The van der Waals surface area contributed by atoms with Crippen LogP contribution in [0, 0.1) is 5.82 Å². The average molecular weight is 624 g/mol. The number of carbonyl (C=O) groups excluding carboxylic acids is 2. The number of anilines is 1. The molecule has 8 nitrogen and oxygen atoms in total. The van der Waals surface area contributed by atoms with Crippen molar-refractivity contribution in [1.29, 1.82) is 0 Å². The smallest absolute Gasteiger partial charge is 0.304 e. The molecule has 3 rings (SSSR count). The summed E-state index contributed by atoms with van der Waals surface area (Å²) in [6, 6.07) is 17.8. The topological polar surface area (TPSA) is 90.0 Å². The summed E-state index contributed by atoms with van der Waals surface area (Å²) in [6.45, 7) is 1.47. The van der Waals surface area contributed by atoms with Crippen molar-refractivity contribution in [2.24, 2.45) is 0 Å². The number of carbonyl (C=O) groups is 2. The van der Waals surface area contributed by atoms with Crippen LogP contribution in [0.15, 0.2) is 72.8 Å². The first-order valence-corrected chi connectivity index (χ1v) is 15.1. The standard InChI is InChI=1S/C29H33Cl2FN4O4S/c1-4-17-33-29(38)27(18-21-9-6-5-7-10-21)35(19-24-25(30)11-8-12-26(24)31)28(37)20-36(41(39,40)34(2)3)23-15-13-22(32)14-16-23/h5-16,27H,4,17-20H2,1-3H3,(H,33,38). The van der Waals surface area contributed by atoms with Gasteiger partial charge in [0.05, 0.1) is 5.69 Å². The molecule has 0 aliphatic carbocycles. The molecule has 0 saturated heterocycles. The first-order chi connectivity index (χ1) is 19.4. The Bertz CT molecular complexity index is 1420. The predicted octanol–water partition coefficient (Wildman–Crippen LogP) is 4.91. The molecule has 3 aromatic rings. The van der Waals surface area contributed by atoms with Gasteiger partial charge in [-0.1, -0.05) is 66.5 Å². The Labute approximate surface area is 250 Å². The van der Waals surface area contributed by atoms with E-state index in [1.54, 1.807) is 18.2 Å². The van der Waals surface area contributed by atoms with Gasteiger partial charge in [-0.25, -0.2) is 8.70 Å². The van der Waals surface area contributed by atoms with Gasteiger partial charge in [0.25, 0.3) is 0 Å². The normalized spacial score (nSPS) is 12.2. The summed E-state index contributed by atoms with van der Waals surface area (Å²) >= 11 is 12.9. The Hall–Kier alpha value is -3.18. The van der Waals surface area contributed by atoms with E-state index in [0.717, 1.165) is 26.3 Å². The number of nitrogens with one attached hydrogen (secondary N) is 1. The molecule has 1 unspecified atom stereocenters. The summed E-state index contributed by atoms with van der Waals surface area (Å²) in [5.41, 5.74) is 1.29. The lowest BCUT2D eigenvalue weighted by molar-refractivity contribution is -0.140. The Balaban J connectivity index is 2.12. The Morgan fingerprint density at radius 3 is 2.10 bits per heavy atom. The summed E-state index contributed by atoms with van der Waals surface area (Å²) in [6.07, 6.45) is 0.828. The van der Waals surface area contributed by atoms with Crippen molar-refractivity contribution < 1.29 is 22.4 Å². The highest BCUT2D eigenvalue weighted by molar-refractivity contribution is 7.90. The molecule has 12 heteroatoms. The molecule has 0 aliphatic rings. The molecule has 0 aliphatic heterocycles. The van der Waals surface area contributed by atoms with Crippen molar-refractivity contribution in [2.45, 2.75) is 32.4 Å². The van der Waals surface area contributed by atoms with Crippen LogP contribution in [-0.4, -0.2) is 62.7 Å². The first kappa shape index (κ1) is 32.3. The molecule has 220 valence electrons. The lowest BCUT2D eigenvalue weighted by Crippen LogP contribution is -2.54. The number of amides is 2. The minimum atomic E-state index is -4.20. The van der Waals surface area contributed by atoms with Crippen molar-refractivity contribution in [3.8, 4) is 0 Å². The second kappa shape index (κ2) is 14.6. The van der Waals surface area contributed by atoms with Crippen molar-refractivity contribution in [3.05, 3.63) is 99.8 Å². The van der Waals surface area contributed by atoms with E-state index >= 15 is 0 Å². The van der Waals surface area contributed by atoms with Gasteiger partial charge in [-0.15, -0.1) is 0 Å². The molecular formula is C29H33Cl2FN4O4S. The summed E-state index contributed by atoms with van der Waals surface area (Å²) in [4.78, 5) is 29.0. The molecule has 0 bridgehead atoms. The van der Waals surface area contributed by atoms with Crippen LogP contribution in [-0.2, 0) is 32.8 Å². The van der Waals surface area contributed by atoms with Gasteiger partial charge in [-0.3, -0.25) is 9.59 Å². The zero-order valence-electron chi connectivity index (χ0n) is 23.1. The highest BCUT2D eigenvalue weighted by atomic mass is 35.5. The number of benzene rings is 3. The van der Waals surface area contributed by atoms with E-state index in [1.165, 1.54) is 31.1 Å². The molecule has 0 heterocycles. The molecule has 1 N–H and O–H groups in total. The number of nitrogens with zero attached hydrogens (tertiary/aromatic N) is 3. The number of rotatable bonds is 13. The fourth-order valence-electron chi connectivity index (χ4n) is 4.10. The van der Waals surface area contributed by atoms with Crippen LogP contribution < -0.4 is 9.62 Å². The molecule has 0 saturated carbocycles. The second-order valence-electron chi connectivity index (χ2n) is 9.49. The van der Waals surface area contributed by atoms with Crippen molar-refractivity contribution in [2.75, 3.05) is 31.5 Å². The third-order valence-corrected chi connectivity index (χ3v) is 8.87. The van der Waals surface area contributed by atoms with Crippen molar-refractivity contribution in [1.82, 2.24) is 14.5 Å². The first-order valence-electron chi connectivity index (χ1n) is 13.0. The minimum absolute atomic E-state index is 0.0826. The fraction of sp³-hybridized carbons (Fsp3) is 0.310. The lowest BCUT2D eigenvalue weighted by atomic mass is 10.0. The maximum absolute atomic E-state index is 14.2. The summed E-state index contributed by atoms with van der Waals surface area (Å²) in [5.74, 6) is -1.65. The van der Waals surface area contributed by atoms with Gasteiger partial charge in [-0.2, -0.15) is 12.7 Å². The molecule has 0 fully saturated rings. The molecule has 41 heavy (non-hydrogen) atoms. The van der Waals surface area contributed by atoms with Gasteiger partial charge in [0, 0.05) is 49.2 Å². The predicted molar refractivity (Wildman–Crippen MR) is 161 cm³/mol. The maximum Gasteiger partial charge on any atom is 0.304 e. The Kier molecular flexibility index (Phi) is 11.5. The largest absolute Gasteiger partial charge is 0.354 e. The van der Waals surface area contributed by atoms with Crippen LogP contribution in [0.5, 0.6) is 0 Å². The maximum atomic E-state index is 14.2. The van der Waals surface area contributed by atoms with Crippen LogP contribution in [0.3, 0.4) is 0 Å². The molecule has 0 radical (unpaired) electrons. The molecule has 1 atom stereocenters. The summed E-state index contributed by atoms with van der Waals surface area (Å²) in [5, 5.41) is 3.44. The van der Waals surface area contributed by atoms with E-state index in [1.807, 2.05) is 37.3 Å². The second-order valence-corrected chi connectivity index (χ2v) is 12.4.